The molecule has 6 rings (SSSR count). The standard InChI is InChI=1S/C62H106N8O/c1-68-46-38-35-33-31-29-27-25-23-21-19-17-15-13-11-9-7-5-3-4-6-8-10-12-14-16-18-20-22-24-26-28-30-32-34-37-43-62(44-40-47-68)52-69(53-62)59-50-60(71-2)57(49-55(59)63)67-61-64-45-42-56(66-61)54-51-65-70-48-39-36-41-58(54)70/h42,45,49-51H,3-41,43-44,46-48,52-53,63H2,1-2H3,(H,64,66,67). The van der Waals surface area contributed by atoms with Gasteiger partial charge in [0.05, 0.1) is 36.1 Å². The first-order valence-electron chi connectivity index (χ1n) is 30.6. The van der Waals surface area contributed by atoms with Crippen molar-refractivity contribution in [3.63, 3.8) is 0 Å². The molecule has 9 heteroatoms. The van der Waals surface area contributed by atoms with Crippen LogP contribution in [0.1, 0.15) is 263 Å². The Bertz CT molecular complexity index is 1840. The second-order valence-electron chi connectivity index (χ2n) is 23.1. The topological polar surface area (TPSA) is 97.4 Å². The van der Waals surface area contributed by atoms with E-state index in [0.29, 0.717) is 11.4 Å². The van der Waals surface area contributed by atoms with Gasteiger partial charge in [-0.25, -0.2) is 9.97 Å². The van der Waals surface area contributed by atoms with Crippen LogP contribution in [0.15, 0.2) is 30.6 Å². The summed E-state index contributed by atoms with van der Waals surface area (Å²) in [6.07, 6.45) is 61.6. The van der Waals surface area contributed by atoms with Crippen molar-refractivity contribution in [3.8, 4) is 17.0 Å². The molecule has 0 amide bonds. The Balaban J connectivity index is 0.945. The number of rotatable bonds is 5. The molecule has 400 valence electrons. The lowest BCUT2D eigenvalue weighted by Gasteiger charge is -2.52. The van der Waals surface area contributed by atoms with Gasteiger partial charge in [-0.2, -0.15) is 5.10 Å². The van der Waals surface area contributed by atoms with E-state index in [-0.39, 0.29) is 0 Å². The van der Waals surface area contributed by atoms with Gasteiger partial charge in [0.2, 0.25) is 5.95 Å². The number of methoxy groups -OCH3 is 1. The van der Waals surface area contributed by atoms with Crippen molar-refractivity contribution in [2.24, 2.45) is 5.41 Å². The first-order chi connectivity index (χ1) is 35.0. The Kier molecular flexibility index (Phi) is 27.4. The van der Waals surface area contributed by atoms with E-state index in [9.17, 15) is 0 Å². The molecule has 5 heterocycles. The summed E-state index contributed by atoms with van der Waals surface area (Å²) in [4.78, 5) is 14.6. The lowest BCUT2D eigenvalue weighted by molar-refractivity contribution is 0.157. The quantitative estimate of drug-likeness (QED) is 0.244. The SMILES string of the molecule is COc1cc(N2CC3(CCCCCCCCCCCCCCCCCCCCCCCCCCCCCCCCCCCCCN(C)CCC3)C2)c(N)cc1Nc1nccc(-c2cnn3c2CCCC3)n1. The first kappa shape index (κ1) is 57.0. The summed E-state index contributed by atoms with van der Waals surface area (Å²) in [5.74, 6) is 1.29. The fourth-order valence-corrected chi connectivity index (χ4v) is 12.4. The maximum atomic E-state index is 6.90. The van der Waals surface area contributed by atoms with Crippen molar-refractivity contribution in [2.75, 3.05) is 56.3 Å². The Morgan fingerprint density at radius 1 is 0.549 bits per heavy atom. The number of aryl methyl sites for hydroxylation is 1. The Morgan fingerprint density at radius 3 is 1.51 bits per heavy atom. The van der Waals surface area contributed by atoms with Crippen molar-refractivity contribution in [1.29, 1.82) is 0 Å². The largest absolute Gasteiger partial charge is 0.494 e. The molecule has 9 nitrogen and oxygen atoms in total. The van der Waals surface area contributed by atoms with Gasteiger partial charge in [-0.15, -0.1) is 0 Å². The summed E-state index contributed by atoms with van der Waals surface area (Å²) in [7, 11) is 4.10. The van der Waals surface area contributed by atoms with Crippen LogP contribution in [-0.4, -0.2) is 65.0 Å². The number of hydrogen-bond acceptors (Lipinski definition) is 8. The van der Waals surface area contributed by atoms with E-state index in [0.717, 1.165) is 60.1 Å². The molecule has 2 saturated heterocycles. The molecule has 0 aliphatic carbocycles. The van der Waals surface area contributed by atoms with Crippen molar-refractivity contribution >= 4 is 23.0 Å². The molecule has 3 aliphatic heterocycles. The van der Waals surface area contributed by atoms with Crippen LogP contribution in [0, 0.1) is 5.41 Å². The number of ether oxygens (including phenoxy) is 1. The van der Waals surface area contributed by atoms with Crippen LogP contribution in [-0.2, 0) is 13.0 Å². The van der Waals surface area contributed by atoms with Crippen molar-refractivity contribution in [2.45, 2.75) is 270 Å². The molecular weight excluding hydrogens is 873 g/mol. The van der Waals surface area contributed by atoms with E-state index in [1.54, 1.807) is 7.11 Å². The first-order valence-corrected chi connectivity index (χ1v) is 30.6. The molecule has 3 N–H and O–H groups in total. The van der Waals surface area contributed by atoms with E-state index in [4.69, 9.17) is 15.5 Å². The molecule has 3 aromatic rings. The highest BCUT2D eigenvalue weighted by atomic mass is 16.5. The highest BCUT2D eigenvalue weighted by molar-refractivity contribution is 5.80. The number of aromatic nitrogens is 4. The summed E-state index contributed by atoms with van der Waals surface area (Å²) in [5.41, 5.74) is 13.1. The summed E-state index contributed by atoms with van der Waals surface area (Å²) in [6.45, 7) is 5.54. The lowest BCUT2D eigenvalue weighted by atomic mass is 9.71. The number of nitrogens with zero attached hydrogens (tertiary/aromatic N) is 6. The van der Waals surface area contributed by atoms with Gasteiger partial charge < -0.3 is 25.6 Å². The van der Waals surface area contributed by atoms with Crippen molar-refractivity contribution < 1.29 is 4.74 Å². The van der Waals surface area contributed by atoms with Crippen LogP contribution in [0.4, 0.5) is 23.0 Å². The highest BCUT2D eigenvalue weighted by Gasteiger charge is 2.42. The van der Waals surface area contributed by atoms with Gasteiger partial charge in [0.25, 0.3) is 0 Å². The van der Waals surface area contributed by atoms with Crippen molar-refractivity contribution in [3.05, 3.63) is 36.3 Å². The fraction of sp³-hybridized carbons (Fsp3) is 0.790. The number of hydrogen-bond donors (Lipinski definition) is 2. The Labute approximate surface area is 435 Å². The van der Waals surface area contributed by atoms with Crippen LogP contribution in [0.2, 0.25) is 0 Å². The van der Waals surface area contributed by atoms with Crippen LogP contribution in [0.5, 0.6) is 5.75 Å². The molecule has 0 atom stereocenters. The zero-order chi connectivity index (χ0) is 49.4. The van der Waals surface area contributed by atoms with E-state index >= 15 is 0 Å². The van der Waals surface area contributed by atoms with Crippen LogP contribution >= 0.6 is 0 Å². The molecule has 3 aliphatic rings. The fourth-order valence-electron chi connectivity index (χ4n) is 12.4. The van der Waals surface area contributed by atoms with Crippen molar-refractivity contribution in [1.82, 2.24) is 24.6 Å². The summed E-state index contributed by atoms with van der Waals surface area (Å²) < 4.78 is 8.13. The molecule has 71 heavy (non-hydrogen) atoms. The predicted octanol–water partition coefficient (Wildman–Crippen LogP) is 17.6. The van der Waals surface area contributed by atoms with Crippen LogP contribution in [0.3, 0.4) is 0 Å². The van der Waals surface area contributed by atoms with E-state index in [1.807, 2.05) is 24.5 Å². The Morgan fingerprint density at radius 2 is 1.00 bits per heavy atom. The molecule has 0 unspecified atom stereocenters. The van der Waals surface area contributed by atoms with E-state index < -0.39 is 0 Å². The second-order valence-corrected chi connectivity index (χ2v) is 23.1. The van der Waals surface area contributed by atoms with Crippen LogP contribution in [0.25, 0.3) is 11.3 Å². The number of benzene rings is 1. The monoisotopic (exact) mass is 979 g/mol. The van der Waals surface area contributed by atoms with Crippen LogP contribution < -0.4 is 20.7 Å². The number of nitrogens with two attached hydrogens (primary N) is 1. The third kappa shape index (κ3) is 21.2. The predicted molar refractivity (Wildman–Crippen MR) is 304 cm³/mol. The number of nitrogens with one attached hydrogen (secondary N) is 1. The molecule has 0 radical (unpaired) electrons. The highest BCUT2D eigenvalue weighted by Crippen LogP contribution is 2.46. The second kappa shape index (κ2) is 34.2. The van der Waals surface area contributed by atoms with Gasteiger partial charge in [0, 0.05) is 48.6 Å². The van der Waals surface area contributed by atoms with Gasteiger partial charge >= 0.3 is 0 Å². The molecule has 1 aromatic carbocycles. The average molecular weight is 980 g/mol. The summed E-state index contributed by atoms with van der Waals surface area (Å²) in [6, 6.07) is 6.12. The maximum absolute atomic E-state index is 6.90. The van der Waals surface area contributed by atoms with Gasteiger partial charge in [0.1, 0.15) is 5.75 Å². The minimum Gasteiger partial charge on any atom is -0.494 e. The van der Waals surface area contributed by atoms with Gasteiger partial charge in [-0.05, 0) is 77.2 Å². The normalized spacial score (nSPS) is 21.7. The van der Waals surface area contributed by atoms with Gasteiger partial charge in [0.15, 0.2) is 0 Å². The third-order valence-electron chi connectivity index (χ3n) is 16.9. The average Bonchev–Trinajstić information content (AvgIpc) is 3.80. The number of nitrogen functional groups attached to an aromatic ring is 1. The molecule has 1 spiro atoms. The minimum absolute atomic E-state index is 0.352. The minimum atomic E-state index is 0.352. The van der Waals surface area contributed by atoms with E-state index in [1.165, 1.54) is 276 Å². The van der Waals surface area contributed by atoms with Gasteiger partial charge in [-0.3, -0.25) is 4.68 Å². The maximum Gasteiger partial charge on any atom is 0.227 e. The van der Waals surface area contributed by atoms with E-state index in [2.05, 4.69) is 43.0 Å². The molecule has 0 saturated carbocycles. The number of anilines is 4. The molecule has 0 bridgehead atoms. The third-order valence-corrected chi connectivity index (χ3v) is 16.9. The van der Waals surface area contributed by atoms with Gasteiger partial charge in [-0.1, -0.05) is 218 Å². The lowest BCUT2D eigenvalue weighted by Crippen LogP contribution is -2.56. The molecule has 2 aromatic heterocycles. The summed E-state index contributed by atoms with van der Waals surface area (Å²) in [5, 5.41) is 8.09. The Hall–Kier alpha value is -3.33. The summed E-state index contributed by atoms with van der Waals surface area (Å²) >= 11 is 0. The zero-order valence-corrected chi connectivity index (χ0v) is 46.1. The zero-order valence-electron chi connectivity index (χ0n) is 46.1. The number of fused-ring (bicyclic) bond motifs is 1. The smallest absolute Gasteiger partial charge is 0.227 e. The molecule has 2 fully saturated rings. The molecular formula is C62H106N8O.